The Morgan fingerprint density at radius 1 is 1.17 bits per heavy atom. The van der Waals surface area contributed by atoms with Crippen LogP contribution in [-0.2, 0) is 19.1 Å². The molecule has 1 fully saturated rings. The molecule has 0 aliphatic carbocycles. The average molecular weight is 334 g/mol. The Morgan fingerprint density at radius 2 is 1.83 bits per heavy atom. The van der Waals surface area contributed by atoms with Crippen molar-refractivity contribution < 1.29 is 23.9 Å². The monoisotopic (exact) mass is 334 g/mol. The Hall–Kier alpha value is -2.57. The maximum absolute atomic E-state index is 12.6. The maximum atomic E-state index is 12.6. The number of carbonyl (C=O) groups is 3. The molecule has 7 nitrogen and oxygen atoms in total. The number of carbonyl (C=O) groups excluding carboxylic acids is 3. The van der Waals surface area contributed by atoms with Crippen LogP contribution < -0.4 is 4.90 Å². The minimum Gasteiger partial charge on any atom is -0.469 e. The van der Waals surface area contributed by atoms with Gasteiger partial charge in [0.2, 0.25) is 0 Å². The van der Waals surface area contributed by atoms with Crippen LogP contribution in [0.25, 0.3) is 0 Å². The van der Waals surface area contributed by atoms with Gasteiger partial charge in [0.25, 0.3) is 0 Å². The lowest BCUT2D eigenvalue weighted by Crippen LogP contribution is -2.77. The lowest BCUT2D eigenvalue weighted by atomic mass is 9.95. The number of urea groups is 1. The van der Waals surface area contributed by atoms with Crippen LogP contribution in [0.1, 0.15) is 26.7 Å². The van der Waals surface area contributed by atoms with Gasteiger partial charge in [-0.3, -0.25) is 19.4 Å². The zero-order chi connectivity index (χ0) is 17.7. The predicted molar refractivity (Wildman–Crippen MR) is 87.3 cm³/mol. The zero-order valence-corrected chi connectivity index (χ0v) is 14.2. The second kappa shape index (κ2) is 7.33. The van der Waals surface area contributed by atoms with Crippen LogP contribution >= 0.6 is 0 Å². The van der Waals surface area contributed by atoms with E-state index in [0.717, 1.165) is 5.69 Å². The van der Waals surface area contributed by atoms with Crippen molar-refractivity contribution >= 4 is 23.7 Å². The Kier molecular flexibility index (Phi) is 5.43. The van der Waals surface area contributed by atoms with E-state index < -0.39 is 11.6 Å². The molecule has 1 aliphatic rings. The second-order valence-corrected chi connectivity index (χ2v) is 5.64. The van der Waals surface area contributed by atoms with Gasteiger partial charge < -0.3 is 9.47 Å². The van der Waals surface area contributed by atoms with Gasteiger partial charge in [-0.1, -0.05) is 18.2 Å². The van der Waals surface area contributed by atoms with Gasteiger partial charge in [0.15, 0.2) is 0 Å². The van der Waals surface area contributed by atoms with E-state index in [9.17, 15) is 14.4 Å². The fraction of sp³-hybridized carbons (Fsp3) is 0.471. The number of benzene rings is 1. The van der Waals surface area contributed by atoms with E-state index in [2.05, 4.69) is 4.74 Å². The first-order valence-corrected chi connectivity index (χ1v) is 7.83. The fourth-order valence-corrected chi connectivity index (χ4v) is 2.84. The first kappa shape index (κ1) is 17.8. The molecule has 1 atom stereocenters. The van der Waals surface area contributed by atoms with Gasteiger partial charge in [-0.2, -0.15) is 0 Å². The van der Waals surface area contributed by atoms with E-state index in [-0.39, 0.29) is 31.6 Å². The number of rotatable bonds is 7. The molecule has 2 rings (SSSR count). The van der Waals surface area contributed by atoms with Crippen molar-refractivity contribution in [3.05, 3.63) is 30.3 Å². The van der Waals surface area contributed by atoms with Gasteiger partial charge in [0.1, 0.15) is 12.2 Å². The average Bonchev–Trinajstić information content (AvgIpc) is 2.59. The van der Waals surface area contributed by atoms with E-state index in [1.54, 1.807) is 11.8 Å². The van der Waals surface area contributed by atoms with E-state index in [1.165, 1.54) is 12.0 Å². The smallest absolute Gasteiger partial charge is 0.328 e. The molecule has 7 heteroatoms. The quantitative estimate of drug-likeness (QED) is 0.714. The lowest BCUT2D eigenvalue weighted by molar-refractivity contribution is -0.146. The predicted octanol–water partition coefficient (Wildman–Crippen LogP) is 2.16. The molecule has 1 unspecified atom stereocenters. The summed E-state index contributed by atoms with van der Waals surface area (Å²) in [6.07, 6.45) is 0.489. The molecule has 2 amide bonds. The SMILES string of the molecule is CCOC(=O)CN1C(=O)N(c2ccccc2)C1(C)CCC(=O)OC. The third kappa shape index (κ3) is 3.34. The molecule has 130 valence electrons. The van der Waals surface area contributed by atoms with Gasteiger partial charge in [-0.25, -0.2) is 4.79 Å². The Bertz CT molecular complexity index is 619. The van der Waals surface area contributed by atoms with Crippen LogP contribution in [0, 0.1) is 0 Å². The summed E-state index contributed by atoms with van der Waals surface area (Å²) < 4.78 is 9.62. The first-order valence-electron chi connectivity index (χ1n) is 7.83. The zero-order valence-electron chi connectivity index (χ0n) is 14.2. The molecule has 1 saturated heterocycles. The first-order chi connectivity index (χ1) is 11.4. The second-order valence-electron chi connectivity index (χ2n) is 5.64. The fourth-order valence-electron chi connectivity index (χ4n) is 2.84. The maximum Gasteiger partial charge on any atom is 0.328 e. The Balaban J connectivity index is 2.22. The minimum atomic E-state index is -0.792. The van der Waals surface area contributed by atoms with Crippen molar-refractivity contribution in [3.8, 4) is 0 Å². The van der Waals surface area contributed by atoms with Crippen molar-refractivity contribution in [1.82, 2.24) is 4.90 Å². The van der Waals surface area contributed by atoms with E-state index in [0.29, 0.717) is 6.42 Å². The van der Waals surface area contributed by atoms with Crippen molar-refractivity contribution in [2.45, 2.75) is 32.4 Å². The van der Waals surface area contributed by atoms with Crippen LogP contribution in [0.3, 0.4) is 0 Å². The number of esters is 2. The summed E-state index contributed by atoms with van der Waals surface area (Å²) >= 11 is 0. The van der Waals surface area contributed by atoms with Crippen LogP contribution in [0.2, 0.25) is 0 Å². The number of methoxy groups -OCH3 is 1. The van der Waals surface area contributed by atoms with Gasteiger partial charge >= 0.3 is 18.0 Å². The number of anilines is 1. The Labute approximate surface area is 141 Å². The van der Waals surface area contributed by atoms with Crippen molar-refractivity contribution in [3.63, 3.8) is 0 Å². The van der Waals surface area contributed by atoms with Crippen LogP contribution in [-0.4, -0.2) is 48.8 Å². The summed E-state index contributed by atoms with van der Waals surface area (Å²) in [4.78, 5) is 38.9. The molecule has 0 bridgehead atoms. The topological polar surface area (TPSA) is 76.2 Å². The Morgan fingerprint density at radius 3 is 2.42 bits per heavy atom. The lowest BCUT2D eigenvalue weighted by Gasteiger charge is -2.58. The van der Waals surface area contributed by atoms with Gasteiger partial charge in [0.05, 0.1) is 13.7 Å². The van der Waals surface area contributed by atoms with Crippen LogP contribution in [0.4, 0.5) is 10.5 Å². The molecule has 1 heterocycles. The third-order valence-corrected chi connectivity index (χ3v) is 4.12. The summed E-state index contributed by atoms with van der Waals surface area (Å²) in [5.41, 5.74) is -0.0747. The normalized spacial score (nSPS) is 19.7. The number of para-hydroxylation sites is 1. The highest BCUT2D eigenvalue weighted by Crippen LogP contribution is 2.40. The molecule has 0 N–H and O–H groups in total. The summed E-state index contributed by atoms with van der Waals surface area (Å²) in [6.45, 7) is 3.64. The van der Waals surface area contributed by atoms with Gasteiger partial charge in [-0.15, -0.1) is 0 Å². The molecule has 1 aromatic rings. The number of hydrogen-bond acceptors (Lipinski definition) is 5. The van der Waals surface area contributed by atoms with Crippen molar-refractivity contribution in [1.29, 1.82) is 0 Å². The van der Waals surface area contributed by atoms with E-state index in [4.69, 9.17) is 4.74 Å². The van der Waals surface area contributed by atoms with E-state index in [1.807, 2.05) is 37.3 Å². The summed E-state index contributed by atoms with van der Waals surface area (Å²) in [5, 5.41) is 0. The molecule has 0 aromatic heterocycles. The van der Waals surface area contributed by atoms with Crippen LogP contribution in [0.5, 0.6) is 0 Å². The molecule has 0 radical (unpaired) electrons. The molecule has 0 saturated carbocycles. The van der Waals surface area contributed by atoms with Gasteiger partial charge in [-0.05, 0) is 26.0 Å². The highest BCUT2D eigenvalue weighted by atomic mass is 16.5. The molecule has 1 aromatic carbocycles. The number of ether oxygens (including phenoxy) is 2. The number of amides is 2. The molecule has 1 aliphatic heterocycles. The van der Waals surface area contributed by atoms with Crippen molar-refractivity contribution in [2.75, 3.05) is 25.2 Å². The molecular weight excluding hydrogens is 312 g/mol. The number of hydrogen-bond donors (Lipinski definition) is 0. The summed E-state index contributed by atoms with van der Waals surface area (Å²) in [7, 11) is 1.32. The highest BCUT2D eigenvalue weighted by Gasteiger charge is 2.55. The summed E-state index contributed by atoms with van der Waals surface area (Å²) in [6, 6.07) is 8.86. The molecular formula is C17H22N2O5. The highest BCUT2D eigenvalue weighted by molar-refractivity contribution is 6.02. The third-order valence-electron chi connectivity index (χ3n) is 4.12. The summed E-state index contributed by atoms with van der Waals surface area (Å²) in [5.74, 6) is -0.831. The van der Waals surface area contributed by atoms with Crippen LogP contribution in [0.15, 0.2) is 30.3 Å². The molecule has 0 spiro atoms. The number of nitrogens with zero attached hydrogens (tertiary/aromatic N) is 2. The van der Waals surface area contributed by atoms with E-state index >= 15 is 0 Å². The van der Waals surface area contributed by atoms with Crippen molar-refractivity contribution in [2.24, 2.45) is 0 Å². The standard InChI is InChI=1S/C17H22N2O5/c1-4-24-15(21)12-18-16(22)19(13-8-6-5-7-9-13)17(18,2)11-10-14(20)23-3/h5-9H,4,10-12H2,1-3H3. The van der Waals surface area contributed by atoms with Gasteiger partial charge in [0, 0.05) is 18.5 Å². The largest absolute Gasteiger partial charge is 0.469 e. The molecule has 24 heavy (non-hydrogen) atoms. The minimum absolute atomic E-state index is 0.142.